The monoisotopic (exact) mass is 329 g/mol. The van der Waals surface area contributed by atoms with E-state index in [0.717, 1.165) is 0 Å². The van der Waals surface area contributed by atoms with Gasteiger partial charge in [0, 0.05) is 18.9 Å². The molecule has 0 saturated carbocycles. The molecule has 1 aromatic carbocycles. The van der Waals surface area contributed by atoms with Gasteiger partial charge in [-0.2, -0.15) is 0 Å². The van der Waals surface area contributed by atoms with Crippen molar-refractivity contribution in [1.82, 2.24) is 14.9 Å². The Morgan fingerprint density at radius 1 is 1.29 bits per heavy atom. The van der Waals surface area contributed by atoms with E-state index >= 15 is 0 Å². The predicted octanol–water partition coefficient (Wildman–Crippen LogP) is 1.14. The first kappa shape index (κ1) is 16.2. The van der Waals surface area contributed by atoms with Crippen molar-refractivity contribution < 1.29 is 19.4 Å². The van der Waals surface area contributed by atoms with Gasteiger partial charge in [0.05, 0.1) is 19.2 Å². The van der Waals surface area contributed by atoms with Crippen molar-refractivity contribution in [3.63, 3.8) is 0 Å². The molecule has 1 unspecified atom stereocenters. The lowest BCUT2D eigenvalue weighted by atomic mass is 10.1. The Kier molecular flexibility index (Phi) is 4.61. The molecule has 7 heteroatoms. The van der Waals surface area contributed by atoms with E-state index in [4.69, 9.17) is 9.47 Å². The quantitative estimate of drug-likeness (QED) is 0.885. The van der Waals surface area contributed by atoms with E-state index in [1.807, 2.05) is 30.3 Å². The van der Waals surface area contributed by atoms with Crippen molar-refractivity contribution in [2.45, 2.75) is 12.0 Å². The third-order valence-corrected chi connectivity index (χ3v) is 3.93. The van der Waals surface area contributed by atoms with Gasteiger partial charge in [-0.1, -0.05) is 18.2 Å². The van der Waals surface area contributed by atoms with Crippen LogP contribution in [0.15, 0.2) is 42.7 Å². The van der Waals surface area contributed by atoms with Crippen LogP contribution < -0.4 is 9.47 Å². The molecule has 1 aliphatic rings. The summed E-state index contributed by atoms with van der Waals surface area (Å²) in [6, 6.07) is 9.50. The molecule has 3 rings (SSSR count). The minimum atomic E-state index is -1.06. The molecule has 24 heavy (non-hydrogen) atoms. The smallest absolute Gasteiger partial charge is 0.316 e. The van der Waals surface area contributed by atoms with Crippen molar-refractivity contribution in [3.05, 3.63) is 48.3 Å². The Morgan fingerprint density at radius 3 is 2.67 bits per heavy atom. The normalized spacial score (nSPS) is 20.0. The van der Waals surface area contributed by atoms with Crippen LogP contribution in [0.4, 0.5) is 0 Å². The van der Waals surface area contributed by atoms with E-state index < -0.39 is 5.60 Å². The summed E-state index contributed by atoms with van der Waals surface area (Å²) in [6.45, 7) is 0.810. The van der Waals surface area contributed by atoms with Gasteiger partial charge in [0.25, 0.3) is 5.91 Å². The van der Waals surface area contributed by atoms with Gasteiger partial charge < -0.3 is 19.5 Å². The van der Waals surface area contributed by atoms with Gasteiger partial charge in [-0.3, -0.25) is 4.79 Å². The number of nitrogens with zero attached hydrogens (tertiary/aromatic N) is 3. The first-order valence-electron chi connectivity index (χ1n) is 7.65. The second-order valence-electron chi connectivity index (χ2n) is 5.76. The first-order chi connectivity index (χ1) is 11.6. The van der Waals surface area contributed by atoms with Gasteiger partial charge in [-0.25, -0.2) is 9.97 Å². The average molecular weight is 329 g/mol. The van der Waals surface area contributed by atoms with Crippen LogP contribution in [0.2, 0.25) is 0 Å². The van der Waals surface area contributed by atoms with E-state index in [9.17, 15) is 9.90 Å². The number of aromatic nitrogens is 2. The summed E-state index contributed by atoms with van der Waals surface area (Å²) in [5, 5.41) is 10.6. The number of carbonyl (C=O) groups excluding carboxylic acids is 1. The molecule has 7 nitrogen and oxygen atoms in total. The molecular formula is C17H19N3O4. The van der Waals surface area contributed by atoms with Gasteiger partial charge in [0.15, 0.2) is 0 Å². The van der Waals surface area contributed by atoms with Crippen LogP contribution in [0.5, 0.6) is 11.8 Å². The molecule has 126 valence electrons. The average Bonchev–Trinajstić information content (AvgIpc) is 3.03. The molecule has 1 atom stereocenters. The lowest BCUT2D eigenvalue weighted by Gasteiger charge is -2.23. The summed E-state index contributed by atoms with van der Waals surface area (Å²) in [5.41, 5.74) is -0.692. The van der Waals surface area contributed by atoms with Crippen molar-refractivity contribution in [2.75, 3.05) is 26.8 Å². The molecule has 1 aromatic heterocycles. The van der Waals surface area contributed by atoms with Gasteiger partial charge in [-0.05, 0) is 18.6 Å². The zero-order valence-corrected chi connectivity index (χ0v) is 13.4. The number of likely N-dealkylation sites (tertiary alicyclic amines) is 1. The van der Waals surface area contributed by atoms with Gasteiger partial charge in [0.1, 0.15) is 18.0 Å². The van der Waals surface area contributed by atoms with Crippen LogP contribution in [-0.2, 0) is 0 Å². The second kappa shape index (κ2) is 6.84. The number of hydrogen-bond acceptors (Lipinski definition) is 6. The molecule has 0 radical (unpaired) electrons. The van der Waals surface area contributed by atoms with Crippen molar-refractivity contribution in [1.29, 1.82) is 0 Å². The van der Waals surface area contributed by atoms with E-state index in [-0.39, 0.29) is 25.1 Å². The van der Waals surface area contributed by atoms with Gasteiger partial charge in [0.2, 0.25) is 0 Å². The summed E-state index contributed by atoms with van der Waals surface area (Å²) in [7, 11) is 1.46. The van der Waals surface area contributed by atoms with E-state index in [2.05, 4.69) is 9.97 Å². The molecule has 0 bridgehead atoms. The van der Waals surface area contributed by atoms with Gasteiger partial charge in [-0.15, -0.1) is 0 Å². The number of carbonyl (C=O) groups is 1. The summed E-state index contributed by atoms with van der Waals surface area (Å²) >= 11 is 0. The number of aliphatic hydroxyl groups is 1. The number of amides is 1. The van der Waals surface area contributed by atoms with Crippen molar-refractivity contribution in [3.8, 4) is 11.8 Å². The third-order valence-electron chi connectivity index (χ3n) is 3.93. The minimum Gasteiger partial charge on any atom is -0.491 e. The van der Waals surface area contributed by atoms with E-state index in [1.165, 1.54) is 19.5 Å². The molecule has 1 saturated heterocycles. The van der Waals surface area contributed by atoms with Crippen molar-refractivity contribution in [2.24, 2.45) is 0 Å². The van der Waals surface area contributed by atoms with Crippen LogP contribution in [0.3, 0.4) is 0 Å². The number of β-amino-alcohol motifs (C(OH)–C–C–N with tert-alkyl or cyclic N) is 1. The maximum atomic E-state index is 12.5. The summed E-state index contributed by atoms with van der Waals surface area (Å²) in [6.07, 6.45) is 3.31. The lowest BCUT2D eigenvalue weighted by Crippen LogP contribution is -2.40. The molecule has 0 aliphatic carbocycles. The summed E-state index contributed by atoms with van der Waals surface area (Å²) in [5.74, 6) is 0.479. The minimum absolute atomic E-state index is 0.139. The largest absolute Gasteiger partial charge is 0.491 e. The van der Waals surface area contributed by atoms with Crippen LogP contribution in [0, 0.1) is 0 Å². The fourth-order valence-electron chi connectivity index (χ4n) is 2.60. The van der Waals surface area contributed by atoms with Crippen molar-refractivity contribution >= 4 is 5.91 Å². The summed E-state index contributed by atoms with van der Waals surface area (Å²) < 4.78 is 10.5. The number of hydrogen-bond donors (Lipinski definition) is 1. The molecule has 1 amide bonds. The number of para-hydroxylation sites is 1. The highest BCUT2D eigenvalue weighted by Gasteiger charge is 2.39. The molecule has 1 fully saturated rings. The van der Waals surface area contributed by atoms with Crippen LogP contribution >= 0.6 is 0 Å². The van der Waals surface area contributed by atoms with Gasteiger partial charge >= 0.3 is 6.01 Å². The highest BCUT2D eigenvalue weighted by molar-refractivity contribution is 5.93. The van der Waals surface area contributed by atoms with E-state index in [0.29, 0.717) is 24.3 Å². The Hall–Kier alpha value is -2.67. The number of ether oxygens (including phenoxy) is 2. The summed E-state index contributed by atoms with van der Waals surface area (Å²) in [4.78, 5) is 21.9. The number of benzene rings is 1. The van der Waals surface area contributed by atoms with Crippen LogP contribution in [0.25, 0.3) is 0 Å². The zero-order valence-electron chi connectivity index (χ0n) is 13.4. The molecule has 0 spiro atoms. The highest BCUT2D eigenvalue weighted by atomic mass is 16.5. The highest BCUT2D eigenvalue weighted by Crippen LogP contribution is 2.24. The molecule has 2 heterocycles. The fraction of sp³-hybridized carbons (Fsp3) is 0.353. The molecule has 2 aromatic rings. The lowest BCUT2D eigenvalue weighted by molar-refractivity contribution is 0.00430. The Balaban J connectivity index is 1.60. The first-order valence-corrected chi connectivity index (χ1v) is 7.65. The number of rotatable bonds is 5. The number of methoxy groups -OCH3 is 1. The maximum Gasteiger partial charge on any atom is 0.316 e. The third kappa shape index (κ3) is 3.62. The molecular weight excluding hydrogens is 310 g/mol. The van der Waals surface area contributed by atoms with Crippen LogP contribution in [-0.4, -0.2) is 58.3 Å². The van der Waals surface area contributed by atoms with Crippen LogP contribution in [0.1, 0.15) is 16.8 Å². The topological polar surface area (TPSA) is 84.8 Å². The SMILES string of the molecule is COc1ncc(C(=O)N2CCC(O)(COc3ccccc3)C2)cn1. The standard InChI is InChI=1S/C17H19N3O4/c1-23-16-18-9-13(10-19-16)15(21)20-8-7-17(22,11-20)12-24-14-5-3-2-4-6-14/h2-6,9-10,22H,7-8,11-12H2,1H3. The Labute approximate surface area is 139 Å². The van der Waals surface area contributed by atoms with E-state index in [1.54, 1.807) is 4.90 Å². The Bertz CT molecular complexity index is 693. The maximum absolute atomic E-state index is 12.5. The zero-order chi connectivity index (χ0) is 17.0. The molecule has 1 N–H and O–H groups in total. The molecule has 1 aliphatic heterocycles. The second-order valence-corrected chi connectivity index (χ2v) is 5.76. The Morgan fingerprint density at radius 2 is 2.00 bits per heavy atom. The fourth-order valence-corrected chi connectivity index (χ4v) is 2.60. The predicted molar refractivity (Wildman–Crippen MR) is 86.0 cm³/mol.